The molecule has 30 heavy (non-hydrogen) atoms. The lowest BCUT2D eigenvalue weighted by Crippen LogP contribution is -2.36. The lowest BCUT2D eigenvalue weighted by Gasteiger charge is -2.28. The summed E-state index contributed by atoms with van der Waals surface area (Å²) in [5, 5.41) is 2.74. The van der Waals surface area contributed by atoms with Gasteiger partial charge in [-0.05, 0) is 55.8 Å². The SMILES string of the molecule is CC(C)OCc1ccc(C(=O)OCC(=O)Nc2ccc(N3CCOCC3)cc2)cc1. The monoisotopic (exact) mass is 412 g/mol. The third kappa shape index (κ3) is 6.57. The van der Waals surface area contributed by atoms with Gasteiger partial charge in [0, 0.05) is 24.5 Å². The summed E-state index contributed by atoms with van der Waals surface area (Å²) in [7, 11) is 0. The van der Waals surface area contributed by atoms with E-state index in [9.17, 15) is 9.59 Å². The third-order valence-corrected chi connectivity index (χ3v) is 4.63. The van der Waals surface area contributed by atoms with Crippen LogP contribution >= 0.6 is 0 Å². The fourth-order valence-electron chi connectivity index (χ4n) is 2.99. The second-order valence-corrected chi connectivity index (χ2v) is 7.33. The van der Waals surface area contributed by atoms with Gasteiger partial charge in [-0.2, -0.15) is 0 Å². The predicted octanol–water partition coefficient (Wildman–Crippen LogP) is 3.24. The van der Waals surface area contributed by atoms with Gasteiger partial charge in [-0.1, -0.05) is 12.1 Å². The van der Waals surface area contributed by atoms with E-state index in [0.717, 1.165) is 37.6 Å². The number of carbonyl (C=O) groups excluding carboxylic acids is 2. The Balaban J connectivity index is 1.44. The molecule has 0 aliphatic carbocycles. The topological polar surface area (TPSA) is 77.1 Å². The smallest absolute Gasteiger partial charge is 0.338 e. The fourth-order valence-corrected chi connectivity index (χ4v) is 2.99. The number of benzene rings is 2. The number of esters is 1. The van der Waals surface area contributed by atoms with Crippen molar-refractivity contribution >= 4 is 23.3 Å². The minimum atomic E-state index is -0.538. The maximum Gasteiger partial charge on any atom is 0.338 e. The highest BCUT2D eigenvalue weighted by Crippen LogP contribution is 2.19. The Hall–Kier alpha value is -2.90. The van der Waals surface area contributed by atoms with Crippen molar-refractivity contribution in [3.05, 3.63) is 59.7 Å². The second kappa shape index (κ2) is 10.8. The van der Waals surface area contributed by atoms with Crippen LogP contribution < -0.4 is 10.2 Å². The molecule has 0 aromatic heterocycles. The molecule has 0 bridgehead atoms. The Morgan fingerprint density at radius 3 is 2.33 bits per heavy atom. The summed E-state index contributed by atoms with van der Waals surface area (Å²) < 4.78 is 16.0. The fraction of sp³-hybridized carbons (Fsp3) is 0.391. The highest BCUT2D eigenvalue weighted by atomic mass is 16.5. The molecule has 7 heteroatoms. The normalized spacial score (nSPS) is 13.9. The van der Waals surface area contributed by atoms with Gasteiger partial charge in [0.1, 0.15) is 0 Å². The molecule has 1 heterocycles. The van der Waals surface area contributed by atoms with Crippen molar-refractivity contribution in [2.75, 3.05) is 43.1 Å². The van der Waals surface area contributed by atoms with Crippen LogP contribution in [0, 0.1) is 0 Å². The lowest BCUT2D eigenvalue weighted by atomic mass is 10.1. The zero-order chi connectivity index (χ0) is 21.3. The lowest BCUT2D eigenvalue weighted by molar-refractivity contribution is -0.119. The van der Waals surface area contributed by atoms with Crippen LogP contribution in [0.5, 0.6) is 0 Å². The minimum absolute atomic E-state index is 0.142. The minimum Gasteiger partial charge on any atom is -0.452 e. The number of morpholine rings is 1. The van der Waals surface area contributed by atoms with Crippen molar-refractivity contribution in [1.29, 1.82) is 0 Å². The molecular weight excluding hydrogens is 384 g/mol. The Labute approximate surface area is 176 Å². The number of ether oxygens (including phenoxy) is 3. The molecule has 0 spiro atoms. The Kier molecular flexibility index (Phi) is 7.82. The molecular formula is C23H28N2O5. The molecule has 0 atom stereocenters. The molecule has 1 aliphatic heterocycles. The number of rotatable bonds is 8. The number of hydrogen-bond acceptors (Lipinski definition) is 6. The van der Waals surface area contributed by atoms with Crippen LogP contribution in [-0.2, 0) is 25.6 Å². The third-order valence-electron chi connectivity index (χ3n) is 4.63. The molecule has 0 radical (unpaired) electrons. The average Bonchev–Trinajstić information content (AvgIpc) is 2.77. The van der Waals surface area contributed by atoms with E-state index in [1.807, 2.05) is 50.2 Å². The molecule has 3 rings (SSSR count). The molecule has 0 unspecified atom stereocenters. The predicted molar refractivity (Wildman–Crippen MR) is 115 cm³/mol. The number of anilines is 2. The van der Waals surface area contributed by atoms with E-state index in [2.05, 4.69) is 10.2 Å². The number of carbonyl (C=O) groups is 2. The first-order chi connectivity index (χ1) is 14.5. The largest absolute Gasteiger partial charge is 0.452 e. The molecule has 0 saturated carbocycles. The Morgan fingerprint density at radius 2 is 1.70 bits per heavy atom. The van der Waals surface area contributed by atoms with Crippen LogP contribution in [0.3, 0.4) is 0 Å². The van der Waals surface area contributed by atoms with E-state index in [1.165, 1.54) is 0 Å². The van der Waals surface area contributed by atoms with Crippen LogP contribution in [0.15, 0.2) is 48.5 Å². The first-order valence-corrected chi connectivity index (χ1v) is 10.1. The number of hydrogen-bond donors (Lipinski definition) is 1. The Bertz CT molecular complexity index is 828. The van der Waals surface area contributed by atoms with Crippen molar-refractivity contribution in [2.24, 2.45) is 0 Å². The average molecular weight is 412 g/mol. The molecule has 2 aromatic carbocycles. The maximum atomic E-state index is 12.1. The van der Waals surface area contributed by atoms with Crippen molar-refractivity contribution < 1.29 is 23.8 Å². The summed E-state index contributed by atoms with van der Waals surface area (Å²) in [5.74, 6) is -0.923. The van der Waals surface area contributed by atoms with Crippen molar-refractivity contribution in [1.82, 2.24) is 0 Å². The van der Waals surface area contributed by atoms with Crippen molar-refractivity contribution in [3.8, 4) is 0 Å². The van der Waals surface area contributed by atoms with Gasteiger partial charge in [-0.15, -0.1) is 0 Å². The van der Waals surface area contributed by atoms with Crippen LogP contribution in [0.25, 0.3) is 0 Å². The van der Waals surface area contributed by atoms with Crippen molar-refractivity contribution in [3.63, 3.8) is 0 Å². The van der Waals surface area contributed by atoms with Gasteiger partial charge in [-0.3, -0.25) is 4.79 Å². The molecule has 1 fully saturated rings. The van der Waals surface area contributed by atoms with Crippen LogP contribution in [0.1, 0.15) is 29.8 Å². The van der Waals surface area contributed by atoms with E-state index >= 15 is 0 Å². The molecule has 1 saturated heterocycles. The quantitative estimate of drug-likeness (QED) is 0.671. The van der Waals surface area contributed by atoms with Gasteiger partial charge >= 0.3 is 5.97 Å². The van der Waals surface area contributed by atoms with E-state index in [-0.39, 0.29) is 18.6 Å². The van der Waals surface area contributed by atoms with Crippen LogP contribution in [0.4, 0.5) is 11.4 Å². The van der Waals surface area contributed by atoms with Gasteiger partial charge in [-0.25, -0.2) is 4.79 Å². The zero-order valence-corrected chi connectivity index (χ0v) is 17.4. The number of nitrogens with zero attached hydrogens (tertiary/aromatic N) is 1. The maximum absolute atomic E-state index is 12.1. The number of amides is 1. The second-order valence-electron chi connectivity index (χ2n) is 7.33. The van der Waals surface area contributed by atoms with Gasteiger partial charge in [0.15, 0.2) is 6.61 Å². The molecule has 7 nitrogen and oxygen atoms in total. The van der Waals surface area contributed by atoms with Crippen LogP contribution in [-0.4, -0.2) is 50.9 Å². The van der Waals surface area contributed by atoms with E-state index in [0.29, 0.717) is 17.9 Å². The summed E-state index contributed by atoms with van der Waals surface area (Å²) in [6.45, 7) is 7.23. The van der Waals surface area contributed by atoms with Gasteiger partial charge < -0.3 is 24.4 Å². The standard InChI is InChI=1S/C23H28N2O5/c1-17(2)29-15-18-3-5-19(6-4-18)23(27)30-16-22(26)24-20-7-9-21(10-8-20)25-11-13-28-14-12-25/h3-10,17H,11-16H2,1-2H3,(H,24,26). The van der Waals surface area contributed by atoms with Crippen LogP contribution in [0.2, 0.25) is 0 Å². The van der Waals surface area contributed by atoms with Crippen molar-refractivity contribution in [2.45, 2.75) is 26.6 Å². The molecule has 1 amide bonds. The summed E-state index contributed by atoms with van der Waals surface area (Å²) in [5.41, 5.74) is 3.11. The number of nitrogens with one attached hydrogen (secondary N) is 1. The molecule has 2 aromatic rings. The summed E-state index contributed by atoms with van der Waals surface area (Å²) in [6.07, 6.45) is 0.142. The summed E-state index contributed by atoms with van der Waals surface area (Å²) >= 11 is 0. The zero-order valence-electron chi connectivity index (χ0n) is 17.4. The van der Waals surface area contributed by atoms with E-state index < -0.39 is 5.97 Å². The van der Waals surface area contributed by atoms with E-state index in [4.69, 9.17) is 14.2 Å². The first kappa shape index (κ1) is 21.8. The molecule has 1 N–H and O–H groups in total. The highest BCUT2D eigenvalue weighted by molar-refractivity contribution is 5.95. The summed E-state index contributed by atoms with van der Waals surface area (Å²) in [6, 6.07) is 14.6. The van der Waals surface area contributed by atoms with Gasteiger partial charge in [0.05, 0.1) is 31.5 Å². The Morgan fingerprint density at radius 1 is 1.03 bits per heavy atom. The summed E-state index contributed by atoms with van der Waals surface area (Å²) in [4.78, 5) is 26.5. The van der Waals surface area contributed by atoms with Gasteiger partial charge in [0.25, 0.3) is 5.91 Å². The first-order valence-electron chi connectivity index (χ1n) is 10.1. The van der Waals surface area contributed by atoms with E-state index in [1.54, 1.807) is 12.1 Å². The highest BCUT2D eigenvalue weighted by Gasteiger charge is 2.13. The van der Waals surface area contributed by atoms with Gasteiger partial charge in [0.2, 0.25) is 0 Å². The molecule has 160 valence electrons. The molecule has 1 aliphatic rings.